The minimum Gasteiger partial charge on any atom is -0.497 e. The fourth-order valence-electron chi connectivity index (χ4n) is 3.77. The summed E-state index contributed by atoms with van der Waals surface area (Å²) in [6.07, 6.45) is 3.14. The standard InChI is InChI=1S/C24H24N2O3/c1-15(27)14-25-24(28)22-19-5-3-4-6-21(19)26-23-17(9-12-20(22)23)13-16-7-10-18(29-2)11-8-16/h3-8,10-11,13,15,27H,9,12,14H2,1-2H3,(H,25,28)/b17-13-. The molecule has 0 saturated heterocycles. The van der Waals surface area contributed by atoms with Crippen LogP contribution in [0.1, 0.15) is 40.5 Å². The Hall–Kier alpha value is -3.18. The third-order valence-corrected chi connectivity index (χ3v) is 5.18. The van der Waals surface area contributed by atoms with Crippen LogP contribution in [0.4, 0.5) is 0 Å². The molecule has 1 heterocycles. The summed E-state index contributed by atoms with van der Waals surface area (Å²) in [6.45, 7) is 1.88. The first-order valence-electron chi connectivity index (χ1n) is 9.79. The van der Waals surface area contributed by atoms with Crippen LogP contribution in [-0.2, 0) is 6.42 Å². The molecular formula is C24H24N2O3. The predicted octanol–water partition coefficient (Wildman–Crippen LogP) is 3.84. The van der Waals surface area contributed by atoms with Crippen LogP contribution in [-0.4, -0.2) is 35.8 Å². The molecule has 0 aliphatic heterocycles. The van der Waals surface area contributed by atoms with Crippen molar-refractivity contribution in [2.45, 2.75) is 25.9 Å². The van der Waals surface area contributed by atoms with Crippen molar-refractivity contribution in [1.82, 2.24) is 10.3 Å². The van der Waals surface area contributed by atoms with Gasteiger partial charge in [0.25, 0.3) is 5.91 Å². The lowest BCUT2D eigenvalue weighted by molar-refractivity contribution is 0.0924. The smallest absolute Gasteiger partial charge is 0.252 e. The number of para-hydroxylation sites is 1. The van der Waals surface area contributed by atoms with E-state index in [0.717, 1.165) is 51.9 Å². The van der Waals surface area contributed by atoms with Gasteiger partial charge in [-0.05, 0) is 60.7 Å². The lowest BCUT2D eigenvalue weighted by Crippen LogP contribution is -2.31. The van der Waals surface area contributed by atoms with Crippen molar-refractivity contribution in [1.29, 1.82) is 0 Å². The number of carbonyl (C=O) groups excluding carboxylic acids is 1. The number of benzene rings is 2. The zero-order chi connectivity index (χ0) is 20.4. The first-order chi connectivity index (χ1) is 14.1. The van der Waals surface area contributed by atoms with Gasteiger partial charge in [-0.1, -0.05) is 30.3 Å². The molecule has 5 heteroatoms. The van der Waals surface area contributed by atoms with E-state index in [1.165, 1.54) is 0 Å². The number of amides is 1. The molecule has 1 aliphatic rings. The van der Waals surface area contributed by atoms with Crippen LogP contribution in [0.2, 0.25) is 0 Å². The molecule has 1 amide bonds. The van der Waals surface area contributed by atoms with E-state index in [-0.39, 0.29) is 12.5 Å². The molecule has 29 heavy (non-hydrogen) atoms. The molecule has 4 rings (SSSR count). The van der Waals surface area contributed by atoms with Crippen molar-refractivity contribution in [2.75, 3.05) is 13.7 Å². The molecule has 1 atom stereocenters. The highest BCUT2D eigenvalue weighted by atomic mass is 16.5. The van der Waals surface area contributed by atoms with E-state index in [1.54, 1.807) is 14.0 Å². The molecule has 5 nitrogen and oxygen atoms in total. The SMILES string of the molecule is COc1ccc(/C=C2/CCc3c2nc2ccccc2c3C(=O)NCC(C)O)cc1. The third kappa shape index (κ3) is 3.87. The number of carbonyl (C=O) groups is 1. The number of aliphatic hydroxyl groups is 1. The van der Waals surface area contributed by atoms with Crippen LogP contribution in [0.25, 0.3) is 22.6 Å². The van der Waals surface area contributed by atoms with Crippen molar-refractivity contribution in [2.24, 2.45) is 0 Å². The molecule has 2 aromatic carbocycles. The van der Waals surface area contributed by atoms with E-state index >= 15 is 0 Å². The number of pyridine rings is 1. The lowest BCUT2D eigenvalue weighted by atomic mass is 10.00. The molecule has 3 aromatic rings. The van der Waals surface area contributed by atoms with Gasteiger partial charge in [-0.2, -0.15) is 0 Å². The van der Waals surface area contributed by atoms with E-state index in [1.807, 2.05) is 48.5 Å². The Morgan fingerprint density at radius 2 is 1.97 bits per heavy atom. The summed E-state index contributed by atoms with van der Waals surface area (Å²) in [5.74, 6) is 0.659. The Balaban J connectivity index is 1.79. The zero-order valence-electron chi connectivity index (χ0n) is 16.6. The average molecular weight is 388 g/mol. The minimum absolute atomic E-state index is 0.161. The van der Waals surface area contributed by atoms with Crippen molar-refractivity contribution < 1.29 is 14.6 Å². The second kappa shape index (κ2) is 8.05. The lowest BCUT2D eigenvalue weighted by Gasteiger charge is -2.13. The number of nitrogens with zero attached hydrogens (tertiary/aromatic N) is 1. The number of allylic oxidation sites excluding steroid dienone is 1. The number of aromatic nitrogens is 1. The second-order valence-corrected chi connectivity index (χ2v) is 7.33. The number of fused-ring (bicyclic) bond motifs is 2. The van der Waals surface area contributed by atoms with Gasteiger partial charge in [0, 0.05) is 11.9 Å². The Morgan fingerprint density at radius 1 is 1.21 bits per heavy atom. The van der Waals surface area contributed by atoms with Gasteiger partial charge in [0.05, 0.1) is 30.0 Å². The number of methoxy groups -OCH3 is 1. The number of rotatable bonds is 5. The Bertz CT molecular complexity index is 1090. The van der Waals surface area contributed by atoms with Gasteiger partial charge in [-0.3, -0.25) is 4.79 Å². The molecule has 0 spiro atoms. The van der Waals surface area contributed by atoms with Crippen LogP contribution in [0.3, 0.4) is 0 Å². The molecule has 148 valence electrons. The summed E-state index contributed by atoms with van der Waals surface area (Å²) in [5.41, 5.74) is 5.54. The molecule has 2 N–H and O–H groups in total. The molecule has 0 saturated carbocycles. The number of hydrogen-bond donors (Lipinski definition) is 2. The highest BCUT2D eigenvalue weighted by Crippen LogP contribution is 2.37. The maximum absolute atomic E-state index is 13.0. The number of hydrogen-bond acceptors (Lipinski definition) is 4. The molecule has 0 bridgehead atoms. The largest absolute Gasteiger partial charge is 0.497 e. The molecule has 0 fully saturated rings. The van der Waals surface area contributed by atoms with Gasteiger partial charge < -0.3 is 15.2 Å². The normalized spacial score (nSPS) is 15.3. The fraction of sp³-hybridized carbons (Fsp3) is 0.250. The first-order valence-corrected chi connectivity index (χ1v) is 9.79. The Labute approximate surface area is 170 Å². The minimum atomic E-state index is -0.592. The summed E-state index contributed by atoms with van der Waals surface area (Å²) >= 11 is 0. The van der Waals surface area contributed by atoms with E-state index in [4.69, 9.17) is 9.72 Å². The summed E-state index contributed by atoms with van der Waals surface area (Å²) in [6, 6.07) is 15.6. The van der Waals surface area contributed by atoms with E-state index < -0.39 is 6.10 Å². The highest BCUT2D eigenvalue weighted by molar-refractivity contribution is 6.09. The third-order valence-electron chi connectivity index (χ3n) is 5.18. The second-order valence-electron chi connectivity index (χ2n) is 7.33. The van der Waals surface area contributed by atoms with Gasteiger partial charge in [0.1, 0.15) is 5.75 Å². The van der Waals surface area contributed by atoms with Crippen molar-refractivity contribution in [3.8, 4) is 5.75 Å². The first kappa shape index (κ1) is 19.2. The molecular weight excluding hydrogens is 364 g/mol. The monoisotopic (exact) mass is 388 g/mol. The van der Waals surface area contributed by atoms with E-state index in [2.05, 4.69) is 11.4 Å². The zero-order valence-corrected chi connectivity index (χ0v) is 16.6. The number of aliphatic hydroxyl groups excluding tert-OH is 1. The van der Waals surface area contributed by atoms with Crippen LogP contribution in [0.15, 0.2) is 48.5 Å². The summed E-state index contributed by atoms with van der Waals surface area (Å²) in [7, 11) is 1.65. The average Bonchev–Trinajstić information content (AvgIpc) is 3.12. The molecule has 1 aliphatic carbocycles. The maximum Gasteiger partial charge on any atom is 0.252 e. The summed E-state index contributed by atoms with van der Waals surface area (Å²) < 4.78 is 5.23. The van der Waals surface area contributed by atoms with Crippen LogP contribution < -0.4 is 10.1 Å². The van der Waals surface area contributed by atoms with Crippen molar-refractivity contribution in [3.63, 3.8) is 0 Å². The van der Waals surface area contributed by atoms with Crippen LogP contribution in [0, 0.1) is 0 Å². The number of nitrogens with one attached hydrogen (secondary N) is 1. The molecule has 1 aromatic heterocycles. The predicted molar refractivity (Wildman–Crippen MR) is 115 cm³/mol. The van der Waals surface area contributed by atoms with Crippen LogP contribution in [0.5, 0.6) is 5.75 Å². The van der Waals surface area contributed by atoms with Crippen LogP contribution >= 0.6 is 0 Å². The maximum atomic E-state index is 13.0. The van der Waals surface area contributed by atoms with Gasteiger partial charge in [-0.15, -0.1) is 0 Å². The summed E-state index contributed by atoms with van der Waals surface area (Å²) in [4.78, 5) is 17.9. The van der Waals surface area contributed by atoms with Gasteiger partial charge in [0.15, 0.2) is 0 Å². The van der Waals surface area contributed by atoms with E-state index in [0.29, 0.717) is 5.56 Å². The summed E-state index contributed by atoms with van der Waals surface area (Å²) in [5, 5.41) is 13.2. The van der Waals surface area contributed by atoms with Crippen molar-refractivity contribution >= 4 is 28.5 Å². The quantitative estimate of drug-likeness (QED) is 0.697. The number of ether oxygens (including phenoxy) is 1. The highest BCUT2D eigenvalue weighted by Gasteiger charge is 2.26. The fourth-order valence-corrected chi connectivity index (χ4v) is 3.77. The van der Waals surface area contributed by atoms with Crippen molar-refractivity contribution in [3.05, 3.63) is 70.9 Å². The topological polar surface area (TPSA) is 71.5 Å². The van der Waals surface area contributed by atoms with E-state index in [9.17, 15) is 9.90 Å². The van der Waals surface area contributed by atoms with Gasteiger partial charge in [0.2, 0.25) is 0 Å². The van der Waals surface area contributed by atoms with Gasteiger partial charge >= 0.3 is 0 Å². The van der Waals surface area contributed by atoms with Gasteiger partial charge in [-0.25, -0.2) is 4.98 Å². The molecule has 1 unspecified atom stereocenters. The Kier molecular flexibility index (Phi) is 5.32. The molecule has 0 radical (unpaired) electrons. The Morgan fingerprint density at radius 3 is 2.69 bits per heavy atom.